The van der Waals surface area contributed by atoms with Gasteiger partial charge in [-0.25, -0.2) is 9.50 Å². The molecule has 2 N–H and O–H groups in total. The van der Waals surface area contributed by atoms with E-state index in [-0.39, 0.29) is 0 Å². The second-order valence-corrected chi connectivity index (χ2v) is 7.38. The highest BCUT2D eigenvalue weighted by atomic mass is 32.1. The number of rotatable bonds is 5. The lowest BCUT2D eigenvalue weighted by atomic mass is 10.1. The molecule has 0 saturated heterocycles. The third-order valence-electron chi connectivity index (χ3n) is 4.59. The van der Waals surface area contributed by atoms with Gasteiger partial charge in [-0.2, -0.15) is 10.4 Å². The van der Waals surface area contributed by atoms with Crippen LogP contribution in [0.15, 0.2) is 17.5 Å². The van der Waals surface area contributed by atoms with Crippen molar-refractivity contribution in [3.8, 4) is 16.6 Å². The van der Waals surface area contributed by atoms with Crippen LogP contribution in [0.3, 0.4) is 0 Å². The Kier molecular flexibility index (Phi) is 3.77. The lowest BCUT2D eigenvalue weighted by molar-refractivity contribution is 0.100. The number of nitrogens with zero attached hydrogens (tertiary/aromatic N) is 4. The van der Waals surface area contributed by atoms with Gasteiger partial charge in [0.05, 0.1) is 21.8 Å². The van der Waals surface area contributed by atoms with E-state index in [1.807, 2.05) is 18.4 Å². The summed E-state index contributed by atoms with van der Waals surface area (Å²) in [6, 6.07) is 5.84. The quantitative estimate of drug-likeness (QED) is 0.764. The largest absolute Gasteiger partial charge is 0.365 e. The lowest BCUT2D eigenvalue weighted by Crippen LogP contribution is -2.13. The zero-order chi connectivity index (χ0) is 17.6. The summed E-state index contributed by atoms with van der Waals surface area (Å²) in [6.07, 6.45) is 4.29. The Morgan fingerprint density at radius 2 is 2.32 bits per heavy atom. The van der Waals surface area contributed by atoms with Crippen molar-refractivity contribution in [2.45, 2.75) is 32.6 Å². The highest BCUT2D eigenvalue weighted by Gasteiger charge is 2.25. The van der Waals surface area contributed by atoms with Crippen molar-refractivity contribution in [3.63, 3.8) is 0 Å². The van der Waals surface area contributed by atoms with Gasteiger partial charge in [-0.05, 0) is 43.2 Å². The number of thiophene rings is 1. The molecular weight excluding hydrogens is 334 g/mol. The maximum Gasteiger partial charge on any atom is 0.254 e. The molecule has 0 aliphatic heterocycles. The summed E-state index contributed by atoms with van der Waals surface area (Å²) in [5.74, 6) is 0.246. The van der Waals surface area contributed by atoms with Gasteiger partial charge in [0.15, 0.2) is 5.65 Å². The van der Waals surface area contributed by atoms with Crippen LogP contribution in [-0.2, 0) is 6.42 Å². The van der Waals surface area contributed by atoms with Crippen LogP contribution in [0, 0.1) is 24.2 Å². The Morgan fingerprint density at radius 3 is 3.00 bits per heavy atom. The van der Waals surface area contributed by atoms with E-state index in [0.29, 0.717) is 22.5 Å². The van der Waals surface area contributed by atoms with Crippen molar-refractivity contribution in [3.05, 3.63) is 40.0 Å². The first kappa shape index (κ1) is 15.8. The molecule has 0 radical (unpaired) electrons. The van der Waals surface area contributed by atoms with Gasteiger partial charge in [-0.15, -0.1) is 11.3 Å². The lowest BCUT2D eigenvalue weighted by Gasteiger charge is -2.04. The average molecular weight is 351 g/mol. The molecular formula is C18H17N5OS. The fourth-order valence-corrected chi connectivity index (χ4v) is 3.90. The van der Waals surface area contributed by atoms with Crippen molar-refractivity contribution in [2.24, 2.45) is 11.7 Å². The minimum absolute atomic E-state index is 0.403. The monoisotopic (exact) mass is 351 g/mol. The number of fused-ring (bicyclic) bond motifs is 1. The smallest absolute Gasteiger partial charge is 0.254 e. The molecule has 4 rings (SSSR count). The number of amides is 1. The van der Waals surface area contributed by atoms with Crippen molar-refractivity contribution >= 4 is 22.9 Å². The highest BCUT2D eigenvalue weighted by molar-refractivity contribution is 7.13. The van der Waals surface area contributed by atoms with Gasteiger partial charge in [-0.3, -0.25) is 4.79 Å². The molecule has 0 spiro atoms. The number of carbonyl (C=O) groups excluding carboxylic acids is 1. The summed E-state index contributed by atoms with van der Waals surface area (Å²) in [6.45, 7) is 1.92. The van der Waals surface area contributed by atoms with Gasteiger partial charge >= 0.3 is 0 Å². The predicted molar refractivity (Wildman–Crippen MR) is 95.3 cm³/mol. The normalized spacial score (nSPS) is 13.9. The van der Waals surface area contributed by atoms with Gasteiger partial charge in [0.1, 0.15) is 11.6 Å². The van der Waals surface area contributed by atoms with E-state index in [0.717, 1.165) is 35.0 Å². The van der Waals surface area contributed by atoms with Gasteiger partial charge in [-0.1, -0.05) is 12.8 Å². The Morgan fingerprint density at radius 1 is 1.52 bits per heavy atom. The minimum atomic E-state index is -0.503. The summed E-state index contributed by atoms with van der Waals surface area (Å²) in [5.41, 5.74) is 9.35. The minimum Gasteiger partial charge on any atom is -0.365 e. The molecule has 0 atom stereocenters. The average Bonchev–Trinajstić information content (AvgIpc) is 3.15. The number of nitriles is 1. The van der Waals surface area contributed by atoms with Gasteiger partial charge in [0.2, 0.25) is 0 Å². The van der Waals surface area contributed by atoms with Crippen molar-refractivity contribution < 1.29 is 4.79 Å². The molecule has 1 saturated carbocycles. The van der Waals surface area contributed by atoms with Crippen LogP contribution in [0.1, 0.15) is 46.6 Å². The van der Waals surface area contributed by atoms with E-state index in [1.165, 1.54) is 24.2 Å². The molecule has 0 aromatic carbocycles. The molecule has 1 aliphatic carbocycles. The Hall–Kier alpha value is -2.72. The first-order valence-corrected chi connectivity index (χ1v) is 9.13. The molecule has 126 valence electrons. The number of nitrogens with two attached hydrogens (primary N) is 1. The van der Waals surface area contributed by atoms with Gasteiger partial charge in [0, 0.05) is 5.69 Å². The molecule has 6 nitrogen and oxygen atoms in total. The molecule has 1 amide bonds. The van der Waals surface area contributed by atoms with Gasteiger partial charge < -0.3 is 5.73 Å². The van der Waals surface area contributed by atoms with E-state index >= 15 is 0 Å². The highest BCUT2D eigenvalue weighted by Crippen LogP contribution is 2.34. The first-order chi connectivity index (χ1) is 12.1. The van der Waals surface area contributed by atoms with Crippen LogP contribution < -0.4 is 5.73 Å². The second-order valence-electron chi connectivity index (χ2n) is 6.46. The van der Waals surface area contributed by atoms with Gasteiger partial charge in [0.25, 0.3) is 5.91 Å². The summed E-state index contributed by atoms with van der Waals surface area (Å²) in [4.78, 5) is 17.5. The summed E-state index contributed by atoms with van der Waals surface area (Å²) >= 11 is 1.46. The van der Waals surface area contributed by atoms with E-state index in [1.54, 1.807) is 10.6 Å². The van der Waals surface area contributed by atoms with Crippen molar-refractivity contribution in [2.75, 3.05) is 0 Å². The van der Waals surface area contributed by atoms with Crippen molar-refractivity contribution in [1.29, 1.82) is 5.26 Å². The maximum absolute atomic E-state index is 12.1. The number of carbonyl (C=O) groups is 1. The topological polar surface area (TPSA) is 97.1 Å². The van der Waals surface area contributed by atoms with E-state index in [4.69, 9.17) is 5.73 Å². The van der Waals surface area contributed by atoms with Crippen LogP contribution in [0.2, 0.25) is 0 Å². The van der Waals surface area contributed by atoms with E-state index < -0.39 is 5.91 Å². The SMILES string of the molecule is Cc1cc(-c2sccc2C#N)nc2c(C(N)=O)c(CCC3CC3)nn12. The molecule has 1 fully saturated rings. The molecule has 1 aliphatic rings. The number of aryl methyl sites for hydroxylation is 2. The third-order valence-corrected chi connectivity index (χ3v) is 5.53. The molecule has 7 heteroatoms. The maximum atomic E-state index is 12.1. The third kappa shape index (κ3) is 2.79. The molecule has 0 bridgehead atoms. The first-order valence-electron chi connectivity index (χ1n) is 8.25. The number of primary amides is 1. The number of hydrogen-bond donors (Lipinski definition) is 1. The van der Waals surface area contributed by atoms with Crippen LogP contribution in [0.25, 0.3) is 16.2 Å². The van der Waals surface area contributed by atoms with E-state index in [9.17, 15) is 10.1 Å². The summed E-state index contributed by atoms with van der Waals surface area (Å²) in [5, 5.41) is 15.7. The number of hydrogen-bond acceptors (Lipinski definition) is 5. The standard InChI is InChI=1S/C18H17N5OS/c1-10-8-14(16-12(9-19)6-7-25-16)21-18-15(17(20)24)13(22-23(10)18)5-4-11-2-3-11/h6-8,11H,2-5H2,1H3,(H2,20,24). The molecule has 3 aromatic rings. The fraction of sp³-hybridized carbons (Fsp3) is 0.333. The van der Waals surface area contributed by atoms with E-state index in [2.05, 4.69) is 16.2 Å². The molecule has 0 unspecified atom stereocenters. The Bertz CT molecular complexity index is 1020. The van der Waals surface area contributed by atoms with Crippen LogP contribution in [-0.4, -0.2) is 20.5 Å². The molecule has 25 heavy (non-hydrogen) atoms. The zero-order valence-corrected chi connectivity index (χ0v) is 14.6. The second kappa shape index (κ2) is 5.97. The fourth-order valence-electron chi connectivity index (χ4n) is 3.09. The van der Waals surface area contributed by atoms with Crippen LogP contribution >= 0.6 is 11.3 Å². The molecule has 3 aromatic heterocycles. The summed E-state index contributed by atoms with van der Waals surface area (Å²) in [7, 11) is 0. The van der Waals surface area contributed by atoms with Crippen molar-refractivity contribution in [1.82, 2.24) is 14.6 Å². The predicted octanol–water partition coefficient (Wildman–Crippen LogP) is 3.08. The zero-order valence-electron chi connectivity index (χ0n) is 13.8. The number of aromatic nitrogens is 3. The Labute approximate surface area is 148 Å². The Balaban J connectivity index is 1.87. The summed E-state index contributed by atoms with van der Waals surface area (Å²) < 4.78 is 1.69. The molecule has 3 heterocycles. The van der Waals surface area contributed by atoms with Crippen LogP contribution in [0.4, 0.5) is 0 Å². The van der Waals surface area contributed by atoms with Crippen LogP contribution in [0.5, 0.6) is 0 Å².